The Bertz CT molecular complexity index is 801. The number of nitrogens with zero attached hydrogens (tertiary/aromatic N) is 4. The molecule has 1 N–H and O–H groups in total. The molecule has 1 aliphatic rings. The molecular formula is C19H23N5O. The van der Waals surface area contributed by atoms with E-state index in [1.54, 1.807) is 6.26 Å². The van der Waals surface area contributed by atoms with Crippen molar-refractivity contribution in [2.24, 2.45) is 0 Å². The van der Waals surface area contributed by atoms with Crippen LogP contribution in [0.25, 0.3) is 5.69 Å². The van der Waals surface area contributed by atoms with E-state index in [4.69, 9.17) is 4.42 Å². The molecule has 25 heavy (non-hydrogen) atoms. The summed E-state index contributed by atoms with van der Waals surface area (Å²) in [6, 6.07) is 12.2. The number of aryl methyl sites for hydroxylation is 1. The van der Waals surface area contributed by atoms with Gasteiger partial charge >= 0.3 is 0 Å². The topological polar surface area (TPSA) is 68.8 Å². The number of aromatic nitrogens is 4. The number of tetrazole rings is 1. The normalized spacial score (nSPS) is 16.8. The Labute approximate surface area is 147 Å². The molecule has 0 unspecified atom stereocenters. The maximum absolute atomic E-state index is 5.49. The molecule has 0 radical (unpaired) electrons. The molecule has 1 fully saturated rings. The van der Waals surface area contributed by atoms with E-state index in [-0.39, 0.29) is 5.54 Å². The van der Waals surface area contributed by atoms with Gasteiger partial charge in [-0.25, -0.2) is 0 Å². The molecule has 0 bridgehead atoms. The van der Waals surface area contributed by atoms with Gasteiger partial charge in [0.15, 0.2) is 5.82 Å². The molecule has 0 amide bonds. The van der Waals surface area contributed by atoms with Gasteiger partial charge in [0.25, 0.3) is 0 Å². The second-order valence-corrected chi connectivity index (χ2v) is 6.83. The van der Waals surface area contributed by atoms with Crippen molar-refractivity contribution >= 4 is 0 Å². The van der Waals surface area contributed by atoms with Crippen LogP contribution in [0.4, 0.5) is 0 Å². The summed E-state index contributed by atoms with van der Waals surface area (Å²) in [5.74, 6) is 1.82. The van der Waals surface area contributed by atoms with E-state index >= 15 is 0 Å². The van der Waals surface area contributed by atoms with Crippen molar-refractivity contribution in [1.29, 1.82) is 0 Å². The van der Waals surface area contributed by atoms with E-state index < -0.39 is 0 Å². The summed E-state index contributed by atoms with van der Waals surface area (Å²) in [6.07, 6.45) is 7.37. The largest absolute Gasteiger partial charge is 0.468 e. The first-order valence-electron chi connectivity index (χ1n) is 8.90. The van der Waals surface area contributed by atoms with Gasteiger partial charge in [0.2, 0.25) is 0 Å². The molecule has 1 aromatic carbocycles. The Kier molecular flexibility index (Phi) is 4.36. The minimum Gasteiger partial charge on any atom is -0.468 e. The zero-order valence-corrected chi connectivity index (χ0v) is 14.5. The molecule has 0 spiro atoms. The highest BCUT2D eigenvalue weighted by atomic mass is 16.3. The fraction of sp³-hybridized carbons (Fsp3) is 0.421. The maximum atomic E-state index is 5.49. The molecule has 0 saturated heterocycles. The van der Waals surface area contributed by atoms with Crippen LogP contribution in [0, 0.1) is 6.92 Å². The highest BCUT2D eigenvalue weighted by molar-refractivity contribution is 5.34. The van der Waals surface area contributed by atoms with Gasteiger partial charge in [-0.15, -0.1) is 5.10 Å². The minimum absolute atomic E-state index is 0.223. The molecule has 1 aliphatic carbocycles. The van der Waals surface area contributed by atoms with Crippen LogP contribution in [-0.4, -0.2) is 20.2 Å². The first-order chi connectivity index (χ1) is 12.3. The number of nitrogens with one attached hydrogen (secondary N) is 1. The van der Waals surface area contributed by atoms with Gasteiger partial charge in [0.05, 0.1) is 24.0 Å². The zero-order valence-electron chi connectivity index (χ0n) is 14.5. The first-order valence-corrected chi connectivity index (χ1v) is 8.90. The van der Waals surface area contributed by atoms with Crippen LogP contribution in [0.5, 0.6) is 0 Å². The van der Waals surface area contributed by atoms with Gasteiger partial charge in [-0.2, -0.15) is 4.68 Å². The van der Waals surface area contributed by atoms with Gasteiger partial charge in [-0.05, 0) is 54.5 Å². The molecule has 3 aromatic rings. The van der Waals surface area contributed by atoms with Crippen LogP contribution in [-0.2, 0) is 12.1 Å². The number of hydrogen-bond donors (Lipinski definition) is 1. The zero-order chi connectivity index (χ0) is 17.1. The predicted octanol–water partition coefficient (Wildman–Crippen LogP) is 3.51. The Hall–Kier alpha value is -2.47. The second kappa shape index (κ2) is 6.80. The van der Waals surface area contributed by atoms with Crippen LogP contribution in [0.15, 0.2) is 47.1 Å². The van der Waals surface area contributed by atoms with E-state index in [1.165, 1.54) is 24.8 Å². The number of hydrogen-bond acceptors (Lipinski definition) is 5. The Balaban J connectivity index is 1.68. The lowest BCUT2D eigenvalue weighted by Crippen LogP contribution is -2.45. The van der Waals surface area contributed by atoms with Crippen LogP contribution in [0.3, 0.4) is 0 Å². The summed E-state index contributed by atoms with van der Waals surface area (Å²) in [6.45, 7) is 2.76. The minimum atomic E-state index is -0.223. The first kappa shape index (κ1) is 16.0. The SMILES string of the molecule is Cc1ccc(-n2nnnc2C2(NCc3ccco3)CCCCC2)cc1. The van der Waals surface area contributed by atoms with Gasteiger partial charge in [-0.3, -0.25) is 5.32 Å². The van der Waals surface area contributed by atoms with Crippen molar-refractivity contribution in [2.45, 2.75) is 51.1 Å². The lowest BCUT2D eigenvalue weighted by atomic mass is 9.80. The summed E-state index contributed by atoms with van der Waals surface area (Å²) in [7, 11) is 0. The molecule has 130 valence electrons. The van der Waals surface area contributed by atoms with Gasteiger partial charge < -0.3 is 4.42 Å². The van der Waals surface area contributed by atoms with Crippen molar-refractivity contribution in [2.75, 3.05) is 0 Å². The summed E-state index contributed by atoms with van der Waals surface area (Å²) in [5, 5.41) is 16.4. The monoisotopic (exact) mass is 337 g/mol. The van der Waals surface area contributed by atoms with Crippen LogP contribution in [0.1, 0.15) is 49.3 Å². The highest BCUT2D eigenvalue weighted by Crippen LogP contribution is 2.37. The fourth-order valence-electron chi connectivity index (χ4n) is 3.65. The molecule has 4 rings (SSSR count). The summed E-state index contributed by atoms with van der Waals surface area (Å²) in [4.78, 5) is 0. The third-order valence-corrected chi connectivity index (χ3v) is 5.06. The molecule has 2 aromatic heterocycles. The molecular weight excluding hydrogens is 314 g/mol. The van der Waals surface area contributed by atoms with Gasteiger partial charge in [0, 0.05) is 0 Å². The lowest BCUT2D eigenvalue weighted by molar-refractivity contribution is 0.208. The van der Waals surface area contributed by atoms with Crippen molar-refractivity contribution in [1.82, 2.24) is 25.5 Å². The standard InChI is InChI=1S/C19H23N5O/c1-15-7-9-16(10-8-15)24-18(21-22-23-24)19(11-3-2-4-12-19)20-14-17-6-5-13-25-17/h5-10,13,20H,2-4,11-12,14H2,1H3. The van der Waals surface area contributed by atoms with Crippen LogP contribution in [0.2, 0.25) is 0 Å². The van der Waals surface area contributed by atoms with Crippen molar-refractivity contribution in [3.05, 3.63) is 59.8 Å². The highest BCUT2D eigenvalue weighted by Gasteiger charge is 2.39. The predicted molar refractivity (Wildman–Crippen MR) is 94.2 cm³/mol. The lowest BCUT2D eigenvalue weighted by Gasteiger charge is -2.36. The molecule has 0 atom stereocenters. The molecule has 6 nitrogen and oxygen atoms in total. The number of furan rings is 1. The quantitative estimate of drug-likeness (QED) is 0.771. The van der Waals surface area contributed by atoms with E-state index in [0.717, 1.165) is 30.1 Å². The molecule has 6 heteroatoms. The Morgan fingerprint density at radius 2 is 1.92 bits per heavy atom. The fourth-order valence-corrected chi connectivity index (χ4v) is 3.65. The number of rotatable bonds is 5. The van der Waals surface area contributed by atoms with Crippen LogP contribution < -0.4 is 5.32 Å². The average molecular weight is 337 g/mol. The molecule has 1 saturated carbocycles. The van der Waals surface area contributed by atoms with Crippen molar-refractivity contribution in [3.63, 3.8) is 0 Å². The summed E-state index contributed by atoms with van der Waals surface area (Å²) in [5.41, 5.74) is 2.00. The van der Waals surface area contributed by atoms with E-state index in [2.05, 4.69) is 52.0 Å². The van der Waals surface area contributed by atoms with Gasteiger partial charge in [-0.1, -0.05) is 37.0 Å². The Morgan fingerprint density at radius 3 is 2.64 bits per heavy atom. The average Bonchev–Trinajstić information content (AvgIpc) is 3.34. The smallest absolute Gasteiger partial charge is 0.176 e. The van der Waals surface area contributed by atoms with Crippen molar-refractivity contribution in [3.8, 4) is 5.69 Å². The van der Waals surface area contributed by atoms with Crippen molar-refractivity contribution < 1.29 is 4.42 Å². The summed E-state index contributed by atoms with van der Waals surface area (Å²) < 4.78 is 7.37. The van der Waals surface area contributed by atoms with E-state index in [1.807, 2.05) is 16.8 Å². The third kappa shape index (κ3) is 3.22. The maximum Gasteiger partial charge on any atom is 0.176 e. The second-order valence-electron chi connectivity index (χ2n) is 6.83. The van der Waals surface area contributed by atoms with E-state index in [9.17, 15) is 0 Å². The molecule has 0 aliphatic heterocycles. The van der Waals surface area contributed by atoms with Crippen LogP contribution >= 0.6 is 0 Å². The number of benzene rings is 1. The Morgan fingerprint density at radius 1 is 1.12 bits per heavy atom. The molecule has 2 heterocycles. The van der Waals surface area contributed by atoms with E-state index in [0.29, 0.717) is 6.54 Å². The summed E-state index contributed by atoms with van der Waals surface area (Å²) >= 11 is 0. The third-order valence-electron chi connectivity index (χ3n) is 5.06. The van der Waals surface area contributed by atoms with Gasteiger partial charge in [0.1, 0.15) is 5.76 Å².